The van der Waals surface area contributed by atoms with Crippen LogP contribution in [-0.2, 0) is 20.7 Å². The van der Waals surface area contributed by atoms with Crippen LogP contribution in [0.2, 0.25) is 0 Å². The lowest BCUT2D eigenvalue weighted by molar-refractivity contribution is -0.166. The predicted octanol–water partition coefficient (Wildman–Crippen LogP) is 8.18. The van der Waals surface area contributed by atoms with Crippen molar-refractivity contribution in [2.45, 2.75) is 106 Å². The number of aryl methyl sites for hydroxylation is 4. The summed E-state index contributed by atoms with van der Waals surface area (Å²) in [5.41, 5.74) is 8.52. The summed E-state index contributed by atoms with van der Waals surface area (Å²) in [6, 6.07) is 12.6. The number of hydrogen-bond donors (Lipinski definition) is 0. The Bertz CT molecular complexity index is 1510. The van der Waals surface area contributed by atoms with E-state index in [1.165, 1.54) is 5.56 Å². The molecule has 7 heteroatoms. The van der Waals surface area contributed by atoms with Crippen LogP contribution in [0, 0.1) is 26.2 Å². The van der Waals surface area contributed by atoms with Crippen LogP contribution in [-0.4, -0.2) is 41.2 Å². The standard InChI is InChI=1S/C37H49N3O4/c1-10-42-35(41)34(44-36(5,6)7)32-25(4)39-24(3)31(33(32)40-20-18-37(8,9)19-21-40)27-15-16-29-26(22-27)14-17-30(43-29)28-13-11-12-23(2)38-28/h11-13,15-16,22,30,34H,10,14,17-21H2,1-9H3/t30?,34-/m0/s1. The van der Waals surface area contributed by atoms with Crippen LogP contribution in [0.3, 0.4) is 0 Å². The van der Waals surface area contributed by atoms with Crippen molar-refractivity contribution in [2.24, 2.45) is 5.41 Å². The maximum absolute atomic E-state index is 13.6. The van der Waals surface area contributed by atoms with E-state index >= 15 is 0 Å². The van der Waals surface area contributed by atoms with Crippen LogP contribution in [0.1, 0.15) is 107 Å². The van der Waals surface area contributed by atoms with Gasteiger partial charge in [-0.25, -0.2) is 4.79 Å². The molecule has 1 aromatic carbocycles. The van der Waals surface area contributed by atoms with Crippen molar-refractivity contribution in [3.63, 3.8) is 0 Å². The first-order valence-electron chi connectivity index (χ1n) is 16.1. The molecule has 1 unspecified atom stereocenters. The fourth-order valence-corrected chi connectivity index (χ4v) is 6.46. The molecule has 2 atom stereocenters. The average Bonchev–Trinajstić information content (AvgIpc) is 2.95. The largest absolute Gasteiger partial charge is 0.484 e. The number of anilines is 1. The van der Waals surface area contributed by atoms with Crippen molar-refractivity contribution < 1.29 is 19.0 Å². The van der Waals surface area contributed by atoms with Crippen LogP contribution in [0.25, 0.3) is 11.1 Å². The Morgan fingerprint density at radius 1 is 1.07 bits per heavy atom. The summed E-state index contributed by atoms with van der Waals surface area (Å²) in [5.74, 6) is 0.517. The zero-order valence-corrected chi connectivity index (χ0v) is 28.0. The monoisotopic (exact) mass is 599 g/mol. The molecule has 7 nitrogen and oxygen atoms in total. The minimum atomic E-state index is -0.893. The summed E-state index contributed by atoms with van der Waals surface area (Å²) in [6.07, 6.45) is 2.92. The summed E-state index contributed by atoms with van der Waals surface area (Å²) in [4.78, 5) is 25.8. The summed E-state index contributed by atoms with van der Waals surface area (Å²) in [5, 5.41) is 0. The van der Waals surface area contributed by atoms with Gasteiger partial charge >= 0.3 is 5.97 Å². The predicted molar refractivity (Wildman–Crippen MR) is 175 cm³/mol. The van der Waals surface area contributed by atoms with E-state index in [-0.39, 0.29) is 24.1 Å². The van der Waals surface area contributed by atoms with Crippen molar-refractivity contribution in [3.8, 4) is 16.9 Å². The van der Waals surface area contributed by atoms with Gasteiger partial charge in [0.05, 0.1) is 23.6 Å². The van der Waals surface area contributed by atoms with Crippen LogP contribution >= 0.6 is 0 Å². The molecule has 0 amide bonds. The molecule has 5 rings (SSSR count). The Morgan fingerprint density at radius 2 is 1.80 bits per heavy atom. The number of esters is 1. The van der Waals surface area contributed by atoms with Gasteiger partial charge in [0.2, 0.25) is 0 Å². The molecule has 3 aromatic rings. The Kier molecular flexibility index (Phi) is 9.08. The first-order chi connectivity index (χ1) is 20.8. The number of pyridine rings is 2. The van der Waals surface area contributed by atoms with E-state index < -0.39 is 11.7 Å². The van der Waals surface area contributed by atoms with Gasteiger partial charge in [-0.05, 0) is 115 Å². The number of carbonyl (C=O) groups is 1. The van der Waals surface area contributed by atoms with Gasteiger partial charge in [-0.15, -0.1) is 0 Å². The number of rotatable bonds is 7. The number of ether oxygens (including phenoxy) is 3. The fourth-order valence-electron chi connectivity index (χ4n) is 6.46. The van der Waals surface area contributed by atoms with Gasteiger partial charge in [0.25, 0.3) is 0 Å². The van der Waals surface area contributed by atoms with Crippen LogP contribution in [0.4, 0.5) is 5.69 Å². The van der Waals surface area contributed by atoms with Crippen LogP contribution < -0.4 is 9.64 Å². The normalized spacial score (nSPS) is 18.8. The first kappa shape index (κ1) is 32.0. The van der Waals surface area contributed by atoms with E-state index in [9.17, 15) is 4.79 Å². The zero-order chi connectivity index (χ0) is 31.8. The molecule has 0 radical (unpaired) electrons. The Balaban J connectivity index is 1.63. The van der Waals surface area contributed by atoms with Crippen molar-refractivity contribution >= 4 is 11.7 Å². The highest BCUT2D eigenvalue weighted by Crippen LogP contribution is 2.46. The molecule has 0 bridgehead atoms. The van der Waals surface area contributed by atoms with E-state index in [1.807, 2.05) is 59.7 Å². The molecule has 2 aliphatic rings. The molecular weight excluding hydrogens is 550 g/mol. The van der Waals surface area contributed by atoms with Crippen molar-refractivity contribution in [1.82, 2.24) is 9.97 Å². The van der Waals surface area contributed by atoms with Gasteiger partial charge in [0.1, 0.15) is 11.9 Å². The van der Waals surface area contributed by atoms with Gasteiger partial charge in [0, 0.05) is 41.3 Å². The average molecular weight is 600 g/mol. The number of hydrogen-bond acceptors (Lipinski definition) is 7. The molecule has 0 N–H and O–H groups in total. The Labute approximate surface area is 263 Å². The third-order valence-corrected chi connectivity index (χ3v) is 8.78. The molecule has 0 aliphatic carbocycles. The minimum Gasteiger partial charge on any atom is -0.484 e. The SMILES string of the molecule is CCOC(=O)[C@@H](OC(C)(C)C)c1c(C)nc(C)c(-c2ccc3c(c2)CCC(c2cccc(C)n2)O3)c1N1CCC(C)(C)CC1. The molecule has 2 aromatic heterocycles. The van der Waals surface area contributed by atoms with E-state index in [1.54, 1.807) is 0 Å². The number of nitrogens with zero attached hydrogens (tertiary/aromatic N) is 3. The smallest absolute Gasteiger partial charge is 0.340 e. The molecule has 2 aliphatic heterocycles. The number of carbonyl (C=O) groups excluding carboxylic acids is 1. The van der Waals surface area contributed by atoms with E-state index in [0.29, 0.717) is 0 Å². The lowest BCUT2D eigenvalue weighted by Crippen LogP contribution is -2.39. The highest BCUT2D eigenvalue weighted by Gasteiger charge is 2.37. The minimum absolute atomic E-state index is 0.0604. The zero-order valence-electron chi connectivity index (χ0n) is 28.0. The van der Waals surface area contributed by atoms with E-state index in [0.717, 1.165) is 89.7 Å². The lowest BCUT2D eigenvalue weighted by Gasteiger charge is -2.41. The molecular formula is C37H49N3O4. The quantitative estimate of drug-likeness (QED) is 0.254. The second-order valence-corrected chi connectivity index (χ2v) is 14.1. The summed E-state index contributed by atoms with van der Waals surface area (Å²) < 4.78 is 18.6. The lowest BCUT2D eigenvalue weighted by atomic mass is 9.81. The second-order valence-electron chi connectivity index (χ2n) is 14.1. The van der Waals surface area contributed by atoms with Gasteiger partial charge in [0.15, 0.2) is 6.10 Å². The third kappa shape index (κ3) is 6.93. The third-order valence-electron chi connectivity index (χ3n) is 8.78. The molecule has 44 heavy (non-hydrogen) atoms. The topological polar surface area (TPSA) is 73.8 Å². The molecule has 1 saturated heterocycles. The number of aromatic nitrogens is 2. The highest BCUT2D eigenvalue weighted by atomic mass is 16.6. The molecule has 0 spiro atoms. The molecule has 4 heterocycles. The van der Waals surface area contributed by atoms with Gasteiger partial charge in [-0.1, -0.05) is 26.0 Å². The van der Waals surface area contributed by atoms with Crippen LogP contribution in [0.15, 0.2) is 36.4 Å². The first-order valence-corrected chi connectivity index (χ1v) is 16.1. The van der Waals surface area contributed by atoms with Crippen molar-refractivity contribution in [3.05, 3.63) is 70.3 Å². The number of piperidine rings is 1. The van der Waals surface area contributed by atoms with Crippen molar-refractivity contribution in [1.29, 1.82) is 0 Å². The van der Waals surface area contributed by atoms with Gasteiger partial charge < -0.3 is 19.1 Å². The summed E-state index contributed by atoms with van der Waals surface area (Å²) in [7, 11) is 0. The van der Waals surface area contributed by atoms with Crippen molar-refractivity contribution in [2.75, 3.05) is 24.6 Å². The highest BCUT2D eigenvalue weighted by molar-refractivity contribution is 5.88. The summed E-state index contributed by atoms with van der Waals surface area (Å²) >= 11 is 0. The van der Waals surface area contributed by atoms with E-state index in [4.69, 9.17) is 24.2 Å². The number of fused-ring (bicyclic) bond motifs is 1. The van der Waals surface area contributed by atoms with E-state index in [2.05, 4.69) is 43.9 Å². The van der Waals surface area contributed by atoms with Gasteiger partial charge in [-0.3, -0.25) is 9.97 Å². The second kappa shape index (κ2) is 12.5. The molecule has 1 fully saturated rings. The maximum atomic E-state index is 13.6. The van der Waals surface area contributed by atoms with Crippen LogP contribution in [0.5, 0.6) is 5.75 Å². The van der Waals surface area contributed by atoms with Gasteiger partial charge in [-0.2, -0.15) is 0 Å². The maximum Gasteiger partial charge on any atom is 0.340 e. The fraction of sp³-hybridized carbons (Fsp3) is 0.541. The summed E-state index contributed by atoms with van der Waals surface area (Å²) in [6.45, 7) is 20.6. The molecule has 0 saturated carbocycles. The number of benzene rings is 1. The molecule has 236 valence electrons. The Hall–Kier alpha value is -3.45. The Morgan fingerprint density at radius 3 is 2.45 bits per heavy atom.